The summed E-state index contributed by atoms with van der Waals surface area (Å²) in [6.45, 7) is 13.8. The molecule has 596 valence electrons. The van der Waals surface area contributed by atoms with Crippen molar-refractivity contribution in [3.05, 3.63) is 467 Å². The molecule has 9 heteroatoms. The summed E-state index contributed by atoms with van der Waals surface area (Å²) < 4.78 is 18.6. The van der Waals surface area contributed by atoms with Crippen LogP contribution in [0.5, 0.6) is 17.2 Å². The molecule has 0 aliphatic heterocycles. The minimum atomic E-state index is -0.505. The third kappa shape index (κ3) is 13.5. The maximum atomic E-state index is 14.4. The Hall–Kier alpha value is -15.5. The number of fused-ring (bicyclic) bond motifs is 12. The van der Waals surface area contributed by atoms with E-state index in [0.29, 0.717) is 33.9 Å². The monoisotopic (exact) mass is 1600 g/mol. The molecule has 18 aromatic carbocycles. The second kappa shape index (κ2) is 30.4. The Morgan fingerprint density at radius 3 is 0.702 bits per heavy atom. The lowest BCUT2D eigenvalue weighted by Crippen LogP contribution is -2.16. The largest absolute Gasteiger partial charge is 0.423 e. The van der Waals surface area contributed by atoms with E-state index in [-0.39, 0.29) is 16.2 Å². The summed E-state index contributed by atoms with van der Waals surface area (Å²) in [5.41, 5.74) is 27.0. The fourth-order valence-corrected chi connectivity index (χ4v) is 19.3. The molecule has 3 aliphatic carbocycles. The summed E-state index contributed by atoms with van der Waals surface area (Å²) in [5, 5.41) is 6.80. The minimum absolute atomic E-state index is 0.211. The molecular formula is C115H85N3O6. The van der Waals surface area contributed by atoms with Crippen LogP contribution < -0.4 is 28.9 Å². The Kier molecular flexibility index (Phi) is 18.6. The van der Waals surface area contributed by atoms with E-state index in [2.05, 4.69) is 311 Å². The summed E-state index contributed by atoms with van der Waals surface area (Å²) in [5.74, 6) is -0.829. The zero-order chi connectivity index (χ0) is 84.1. The second-order valence-electron chi connectivity index (χ2n) is 34.3. The molecule has 0 amide bonds. The van der Waals surface area contributed by atoms with Crippen LogP contribution in [0, 0.1) is 0 Å². The van der Waals surface area contributed by atoms with Gasteiger partial charge < -0.3 is 28.9 Å². The van der Waals surface area contributed by atoms with E-state index in [4.69, 9.17) is 14.2 Å². The fourth-order valence-electron chi connectivity index (χ4n) is 19.3. The molecule has 3 aliphatic rings. The second-order valence-corrected chi connectivity index (χ2v) is 34.3. The van der Waals surface area contributed by atoms with Crippen molar-refractivity contribution >= 4 is 101 Å². The van der Waals surface area contributed by atoms with Gasteiger partial charge in [0.25, 0.3) is 0 Å². The maximum Gasteiger partial charge on any atom is 0.343 e. The number of hydrogen-bond donors (Lipinski definition) is 0. The zero-order valence-corrected chi connectivity index (χ0v) is 69.5. The van der Waals surface area contributed by atoms with E-state index in [1.165, 1.54) is 66.8 Å². The Morgan fingerprint density at radius 1 is 0.210 bits per heavy atom. The lowest BCUT2D eigenvalue weighted by molar-refractivity contribution is 0.0725. The van der Waals surface area contributed by atoms with Crippen LogP contribution >= 0.6 is 0 Å². The molecule has 18 aromatic rings. The van der Waals surface area contributed by atoms with Crippen molar-refractivity contribution < 1.29 is 28.6 Å². The van der Waals surface area contributed by atoms with Crippen LogP contribution in [0.15, 0.2) is 400 Å². The Morgan fingerprint density at radius 2 is 0.427 bits per heavy atom. The average Bonchev–Trinajstić information content (AvgIpc) is 1.59. The summed E-state index contributed by atoms with van der Waals surface area (Å²) in [6.07, 6.45) is 0. The molecule has 0 saturated carbocycles. The molecule has 0 aromatic heterocycles. The predicted molar refractivity (Wildman–Crippen MR) is 504 cm³/mol. The first-order chi connectivity index (χ1) is 60.4. The summed E-state index contributed by atoms with van der Waals surface area (Å²) in [7, 11) is 0. The van der Waals surface area contributed by atoms with Crippen molar-refractivity contribution in [1.82, 2.24) is 0 Å². The van der Waals surface area contributed by atoms with Crippen molar-refractivity contribution in [2.24, 2.45) is 0 Å². The van der Waals surface area contributed by atoms with E-state index in [9.17, 15) is 14.4 Å². The van der Waals surface area contributed by atoms with Gasteiger partial charge in [-0.15, -0.1) is 0 Å². The van der Waals surface area contributed by atoms with E-state index in [0.717, 1.165) is 100 Å². The van der Waals surface area contributed by atoms with Crippen LogP contribution in [-0.2, 0) is 16.2 Å². The number of ether oxygens (including phenoxy) is 3. The van der Waals surface area contributed by atoms with Crippen molar-refractivity contribution in [3.63, 3.8) is 0 Å². The molecule has 0 N–H and O–H groups in total. The number of nitrogens with zero attached hydrogens (tertiary/aromatic N) is 3. The lowest BCUT2D eigenvalue weighted by Gasteiger charge is -2.28. The molecular weight excluding hydrogens is 1520 g/mol. The number of carbonyl (C=O) groups excluding carboxylic acids is 3. The average molecular weight is 1600 g/mol. The highest BCUT2D eigenvalue weighted by atomic mass is 16.5. The molecule has 0 saturated heterocycles. The molecule has 9 nitrogen and oxygen atoms in total. The van der Waals surface area contributed by atoms with Gasteiger partial charge in [-0.05, 0) is 298 Å². The van der Waals surface area contributed by atoms with Gasteiger partial charge in [-0.1, -0.05) is 260 Å². The highest BCUT2D eigenvalue weighted by Gasteiger charge is 2.39. The van der Waals surface area contributed by atoms with Crippen molar-refractivity contribution in [2.45, 2.75) is 63.7 Å². The van der Waals surface area contributed by atoms with Gasteiger partial charge in [0.15, 0.2) is 0 Å². The minimum Gasteiger partial charge on any atom is -0.423 e. The van der Waals surface area contributed by atoms with E-state index < -0.39 is 23.8 Å². The van der Waals surface area contributed by atoms with Crippen LogP contribution in [0.4, 0.5) is 51.2 Å². The van der Waals surface area contributed by atoms with Crippen LogP contribution in [0.2, 0.25) is 0 Å². The summed E-state index contributed by atoms with van der Waals surface area (Å²) in [4.78, 5) is 49.9. The smallest absolute Gasteiger partial charge is 0.343 e. The predicted octanol–water partition coefficient (Wildman–Crippen LogP) is 29.3. The van der Waals surface area contributed by atoms with Gasteiger partial charge in [-0.3, -0.25) is 0 Å². The highest BCUT2D eigenvalue weighted by Crippen LogP contribution is 2.55. The highest BCUT2D eigenvalue weighted by molar-refractivity contribution is 5.98. The van der Waals surface area contributed by atoms with Gasteiger partial charge >= 0.3 is 17.9 Å². The topological polar surface area (TPSA) is 88.6 Å². The van der Waals surface area contributed by atoms with Gasteiger partial charge in [0.05, 0.1) is 16.7 Å². The molecule has 0 bridgehead atoms. The normalized spacial score (nSPS) is 13.3. The number of carbonyl (C=O) groups is 3. The maximum absolute atomic E-state index is 14.4. The fraction of sp³-hybridized carbons (Fsp3) is 0.0870. The van der Waals surface area contributed by atoms with E-state index >= 15 is 0 Å². The third-order valence-electron chi connectivity index (χ3n) is 25.8. The number of esters is 3. The Labute approximate surface area is 721 Å². The first-order valence-electron chi connectivity index (χ1n) is 42.3. The van der Waals surface area contributed by atoms with E-state index in [1.807, 2.05) is 146 Å². The molecule has 0 spiro atoms. The summed E-state index contributed by atoms with van der Waals surface area (Å²) >= 11 is 0. The Balaban J connectivity index is 0.559. The van der Waals surface area contributed by atoms with Gasteiger partial charge in [-0.25, -0.2) is 14.4 Å². The van der Waals surface area contributed by atoms with Crippen LogP contribution in [0.25, 0.3) is 65.7 Å². The van der Waals surface area contributed by atoms with Crippen molar-refractivity contribution in [2.75, 3.05) is 14.7 Å². The molecule has 0 unspecified atom stereocenters. The molecule has 0 atom stereocenters. The zero-order valence-electron chi connectivity index (χ0n) is 69.5. The quantitative estimate of drug-likeness (QED) is 0.0473. The van der Waals surface area contributed by atoms with Gasteiger partial charge in [-0.2, -0.15) is 0 Å². The van der Waals surface area contributed by atoms with Gasteiger partial charge in [0.2, 0.25) is 0 Å². The van der Waals surface area contributed by atoms with Crippen molar-refractivity contribution in [3.8, 4) is 50.6 Å². The van der Waals surface area contributed by atoms with Crippen LogP contribution in [0.3, 0.4) is 0 Å². The lowest BCUT2D eigenvalue weighted by atomic mass is 9.82. The SMILES string of the molecule is CC1(C)c2ccccc2-c2ccc(N(c3ccc(C(=O)Oc4ccc(C(c5ccc(OC(=O)c6ccc(N(c7ccc8c(c7)C(C)(C)c7ccccc7-8)c7ccc8ccccc8c7)cc6)cc5)c5ccc(OC(=O)c6ccc(N(c7ccc8c(c7)C(C)(C)c7ccccc7-8)c7ccc8ccccc8c7)cc6)cc5)cc4)cc3)c3ccc4ccccc4c3)cc21. The number of anilines is 9. The molecule has 124 heavy (non-hydrogen) atoms. The summed E-state index contributed by atoms with van der Waals surface area (Å²) in [6, 6.07) is 136. The number of rotatable bonds is 18. The Bertz CT molecular complexity index is 6600. The van der Waals surface area contributed by atoms with Crippen LogP contribution in [-0.4, -0.2) is 17.9 Å². The van der Waals surface area contributed by atoms with Crippen molar-refractivity contribution in [1.29, 1.82) is 0 Å². The standard InChI is InChI=1S/C115H85N3O6/c1-113(2)103-28-16-13-25-97(103)100-64-55-91(70-106(100)113)116(88-52-31-73-19-7-10-22-82(73)67-88)85-46-34-79(35-47-85)110(119)122-94-58-40-76(41-59-94)109(77-42-60-95(61-43-77)123-111(120)80-36-48-86(49-37-80)117(89-53-32-74-20-8-11-23-83(74)68-89)92-56-65-101-98-26-14-17-29-104(98)114(3,4)107(101)71-92)78-44-62-96(63-45-78)124-112(121)81-38-50-87(51-39-81)118(90-54-33-75-21-9-12-24-84(75)69-90)93-57-66-102-99-27-15-18-30-105(99)115(5,6)108(102)72-93/h7-72,109H,1-6H3. The number of benzene rings is 18. The molecule has 0 heterocycles. The van der Waals surface area contributed by atoms with Gasteiger partial charge in [0.1, 0.15) is 17.2 Å². The first-order valence-corrected chi connectivity index (χ1v) is 42.3. The first kappa shape index (κ1) is 76.0. The third-order valence-corrected chi connectivity index (χ3v) is 25.8. The van der Waals surface area contributed by atoms with Gasteiger partial charge in [0, 0.05) is 73.3 Å². The molecule has 0 fully saturated rings. The van der Waals surface area contributed by atoms with E-state index in [1.54, 1.807) is 0 Å². The van der Waals surface area contributed by atoms with Crippen LogP contribution in [0.1, 0.15) is 129 Å². The molecule has 0 radical (unpaired) electrons. The molecule has 21 rings (SSSR count). The number of hydrogen-bond acceptors (Lipinski definition) is 9.